The third kappa shape index (κ3) is 9.43. The fourth-order valence-electron chi connectivity index (χ4n) is 6.95. The summed E-state index contributed by atoms with van der Waals surface area (Å²) in [6, 6.07) is 6.80. The highest BCUT2D eigenvalue weighted by atomic mass is 19.4. The Morgan fingerprint density at radius 3 is 1.87 bits per heavy atom. The number of hydrogen-bond acceptors (Lipinski definition) is 4. The molecule has 3 aromatic carbocycles. The van der Waals surface area contributed by atoms with Gasteiger partial charge >= 0.3 is 18.5 Å². The Bertz CT molecular complexity index is 1730. The van der Waals surface area contributed by atoms with Crippen LogP contribution < -0.4 is 5.32 Å². The minimum absolute atomic E-state index is 0.0983. The lowest BCUT2D eigenvalue weighted by Crippen LogP contribution is -2.57. The molecule has 2 unspecified atom stereocenters. The monoisotopic (exact) mass is 746 g/mol. The normalized spacial score (nSPS) is 19.5. The summed E-state index contributed by atoms with van der Waals surface area (Å²) >= 11 is 0. The van der Waals surface area contributed by atoms with Crippen LogP contribution in [0.4, 0.5) is 49.6 Å². The van der Waals surface area contributed by atoms with Crippen molar-refractivity contribution < 1.29 is 53.5 Å². The number of rotatable bonds is 7. The smallest absolute Gasteiger partial charge is 0.335 e. The zero-order valence-corrected chi connectivity index (χ0v) is 28.2. The second-order valence-corrected chi connectivity index (χ2v) is 13.3. The zero-order chi connectivity index (χ0) is 38.2. The highest BCUT2D eigenvalue weighted by molar-refractivity contribution is 5.95. The van der Waals surface area contributed by atoms with Crippen LogP contribution in [0.15, 0.2) is 54.6 Å². The Hall–Kier alpha value is -4.18. The van der Waals surface area contributed by atoms with Crippen molar-refractivity contribution in [3.05, 3.63) is 99.4 Å². The van der Waals surface area contributed by atoms with Gasteiger partial charge in [-0.2, -0.15) is 39.5 Å². The van der Waals surface area contributed by atoms with E-state index in [2.05, 4.69) is 10.2 Å². The molecule has 2 aliphatic rings. The van der Waals surface area contributed by atoms with E-state index < -0.39 is 58.5 Å². The van der Waals surface area contributed by atoms with Gasteiger partial charge in [-0.1, -0.05) is 18.2 Å². The number of amides is 2. The van der Waals surface area contributed by atoms with Crippen molar-refractivity contribution in [3.8, 4) is 0 Å². The maximum atomic E-state index is 14.4. The number of alkyl halides is 9. The number of piperazine rings is 1. The van der Waals surface area contributed by atoms with Gasteiger partial charge in [0.05, 0.1) is 23.2 Å². The van der Waals surface area contributed by atoms with E-state index >= 15 is 0 Å². The largest absolute Gasteiger partial charge is 0.416 e. The molecule has 0 aromatic heterocycles. The summed E-state index contributed by atoms with van der Waals surface area (Å²) in [5.41, 5.74) is -3.10. The minimum Gasteiger partial charge on any atom is -0.335 e. The van der Waals surface area contributed by atoms with Gasteiger partial charge in [-0.15, -0.1) is 0 Å². The van der Waals surface area contributed by atoms with Gasteiger partial charge in [-0.05, 0) is 86.2 Å². The number of anilines is 1. The number of aryl methyl sites for hydroxylation is 2. The number of likely N-dealkylation sites (tertiary alicyclic amines) is 1. The van der Waals surface area contributed by atoms with Crippen LogP contribution in [0.25, 0.3) is 0 Å². The van der Waals surface area contributed by atoms with Gasteiger partial charge in [0, 0.05) is 56.1 Å². The van der Waals surface area contributed by atoms with E-state index in [0.717, 1.165) is 27.8 Å². The molecule has 0 bridgehead atoms. The number of carbonyl (C=O) groups excluding carboxylic acids is 2. The average molecular weight is 747 g/mol. The molecule has 2 fully saturated rings. The fourth-order valence-corrected chi connectivity index (χ4v) is 6.95. The van der Waals surface area contributed by atoms with Crippen molar-refractivity contribution >= 4 is 17.5 Å². The van der Waals surface area contributed by atoms with Crippen molar-refractivity contribution in [1.29, 1.82) is 0 Å². The number of halogens is 10. The van der Waals surface area contributed by atoms with Gasteiger partial charge in [0.1, 0.15) is 5.82 Å². The summed E-state index contributed by atoms with van der Waals surface area (Å²) in [6.07, 6.45) is -15.3. The van der Waals surface area contributed by atoms with Gasteiger partial charge in [0.25, 0.3) is 5.91 Å². The molecule has 0 aliphatic carbocycles. The van der Waals surface area contributed by atoms with Crippen molar-refractivity contribution in [2.45, 2.75) is 63.7 Å². The van der Waals surface area contributed by atoms with Gasteiger partial charge in [-0.25, -0.2) is 4.39 Å². The van der Waals surface area contributed by atoms with Crippen LogP contribution in [0.5, 0.6) is 0 Å². The highest BCUT2D eigenvalue weighted by Crippen LogP contribution is 2.38. The van der Waals surface area contributed by atoms with Gasteiger partial charge in [0.15, 0.2) is 0 Å². The molecule has 2 saturated heterocycles. The molecule has 0 saturated carbocycles. The maximum absolute atomic E-state index is 14.4. The van der Waals surface area contributed by atoms with E-state index in [1.165, 1.54) is 0 Å². The van der Waals surface area contributed by atoms with Crippen LogP contribution in [0, 0.1) is 19.7 Å². The first kappa shape index (κ1) is 39.0. The topological polar surface area (TPSA) is 55.9 Å². The molecular formula is C36H36F10N4O2. The first-order chi connectivity index (χ1) is 24.2. The Morgan fingerprint density at radius 2 is 1.31 bits per heavy atom. The molecule has 282 valence electrons. The molecule has 5 rings (SSSR count). The van der Waals surface area contributed by atoms with Crippen LogP contribution in [-0.4, -0.2) is 77.9 Å². The second kappa shape index (κ2) is 15.0. The van der Waals surface area contributed by atoms with Crippen molar-refractivity contribution in [2.24, 2.45) is 0 Å². The first-order valence-corrected chi connectivity index (χ1v) is 16.5. The molecule has 0 radical (unpaired) electrons. The third-order valence-corrected chi connectivity index (χ3v) is 9.58. The third-order valence-electron chi connectivity index (χ3n) is 9.58. The Kier molecular flexibility index (Phi) is 11.3. The fraction of sp³-hybridized carbons (Fsp3) is 0.444. The van der Waals surface area contributed by atoms with E-state index in [-0.39, 0.29) is 55.9 Å². The van der Waals surface area contributed by atoms with Gasteiger partial charge in [0.2, 0.25) is 5.91 Å². The molecule has 2 atom stereocenters. The van der Waals surface area contributed by atoms with E-state index in [0.29, 0.717) is 50.4 Å². The number of nitrogens with one attached hydrogen (secondary N) is 1. The van der Waals surface area contributed by atoms with E-state index in [9.17, 15) is 53.5 Å². The molecule has 2 aliphatic heterocycles. The predicted octanol–water partition coefficient (Wildman–Crippen LogP) is 7.97. The van der Waals surface area contributed by atoms with Crippen LogP contribution in [0.3, 0.4) is 0 Å². The Morgan fingerprint density at radius 1 is 0.750 bits per heavy atom. The zero-order valence-electron chi connectivity index (χ0n) is 28.2. The predicted molar refractivity (Wildman–Crippen MR) is 172 cm³/mol. The molecule has 6 nitrogen and oxygen atoms in total. The van der Waals surface area contributed by atoms with E-state index in [1.807, 2.05) is 36.9 Å². The quantitative estimate of drug-likeness (QED) is 0.250. The number of carbonyl (C=O) groups is 2. The number of nitrogens with zero attached hydrogens (tertiary/aromatic N) is 3. The molecule has 0 spiro atoms. The summed E-state index contributed by atoms with van der Waals surface area (Å²) in [6.45, 7) is 5.67. The Balaban J connectivity index is 1.35. The SMILES string of the molecule is Cc1cccc(C)c1NC(=O)CN1CCN(C2CCN(C(=O)c3cc(C(F)(F)F)cc(C(F)(F)F)c3)C(Cc3cc(F)cc(C(F)(F)F)c3)C2)CC1. The molecule has 16 heteroatoms. The second-order valence-electron chi connectivity index (χ2n) is 13.3. The lowest BCUT2D eigenvalue weighted by Gasteiger charge is -2.46. The van der Waals surface area contributed by atoms with Crippen molar-refractivity contribution in [2.75, 3.05) is 44.6 Å². The molecule has 52 heavy (non-hydrogen) atoms. The molecule has 2 amide bonds. The van der Waals surface area contributed by atoms with Crippen LogP contribution in [0.1, 0.15) is 56.6 Å². The van der Waals surface area contributed by atoms with Crippen LogP contribution in [0.2, 0.25) is 0 Å². The van der Waals surface area contributed by atoms with Gasteiger partial charge in [-0.3, -0.25) is 19.4 Å². The van der Waals surface area contributed by atoms with Crippen LogP contribution in [-0.2, 0) is 29.7 Å². The standard InChI is InChI=1S/C36H36F10N4O2/c1-21-4-3-5-22(2)32(21)47-31(51)20-48-8-10-49(11-9-48)29-6-7-50(30(19-29)14-23-12-25(34(38,39)40)18-28(37)13-23)33(52)24-15-26(35(41,42)43)17-27(16-24)36(44,45)46/h3-5,12-13,15-18,29-30H,6-11,14,19-20H2,1-2H3,(H,47,51). The number of piperidine rings is 1. The molecular weight excluding hydrogens is 710 g/mol. The summed E-state index contributed by atoms with van der Waals surface area (Å²) in [4.78, 5) is 31.7. The van der Waals surface area contributed by atoms with E-state index in [4.69, 9.17) is 0 Å². The number of para-hydroxylation sites is 1. The van der Waals surface area contributed by atoms with Crippen LogP contribution >= 0.6 is 0 Å². The highest BCUT2D eigenvalue weighted by Gasteiger charge is 2.41. The van der Waals surface area contributed by atoms with Crippen molar-refractivity contribution in [3.63, 3.8) is 0 Å². The average Bonchev–Trinajstić information content (AvgIpc) is 3.05. The maximum Gasteiger partial charge on any atom is 0.416 e. The van der Waals surface area contributed by atoms with E-state index in [1.54, 1.807) is 0 Å². The molecule has 2 heterocycles. The summed E-state index contributed by atoms with van der Waals surface area (Å²) in [5, 5.41) is 2.95. The first-order valence-electron chi connectivity index (χ1n) is 16.5. The van der Waals surface area contributed by atoms with Crippen molar-refractivity contribution in [1.82, 2.24) is 14.7 Å². The van der Waals surface area contributed by atoms with Gasteiger partial charge < -0.3 is 10.2 Å². The lowest BCUT2D eigenvalue weighted by molar-refractivity contribution is -0.143. The molecule has 3 aromatic rings. The number of benzene rings is 3. The lowest BCUT2D eigenvalue weighted by atomic mass is 9.89. The minimum atomic E-state index is -5.21. The summed E-state index contributed by atoms with van der Waals surface area (Å²) < 4.78 is 137. The molecule has 1 N–H and O–H groups in total. The summed E-state index contributed by atoms with van der Waals surface area (Å²) in [5.74, 6) is -2.55. The Labute approximate surface area is 293 Å². The number of hydrogen-bond donors (Lipinski definition) is 1. The summed E-state index contributed by atoms with van der Waals surface area (Å²) in [7, 11) is 0.